The van der Waals surface area contributed by atoms with E-state index in [4.69, 9.17) is 0 Å². The van der Waals surface area contributed by atoms with Crippen molar-refractivity contribution in [3.05, 3.63) is 151 Å². The van der Waals surface area contributed by atoms with Crippen LogP contribution in [-0.4, -0.2) is 6.71 Å². The van der Waals surface area contributed by atoms with Crippen LogP contribution in [0.1, 0.15) is 25.0 Å². The molecule has 0 saturated heterocycles. The molecule has 0 atom stereocenters. The lowest BCUT2D eigenvalue weighted by Crippen LogP contribution is -2.61. The Morgan fingerprint density at radius 3 is 1.71 bits per heavy atom. The molecule has 6 aromatic rings. The molecule has 0 saturated carbocycles. The Morgan fingerprint density at radius 1 is 0.452 bits per heavy atom. The Hall–Kier alpha value is -5.02. The first-order valence-electron chi connectivity index (χ1n) is 14.8. The van der Waals surface area contributed by atoms with Gasteiger partial charge < -0.3 is 9.80 Å². The van der Waals surface area contributed by atoms with Gasteiger partial charge in [0.2, 0.25) is 0 Å². The van der Waals surface area contributed by atoms with E-state index >= 15 is 0 Å². The summed E-state index contributed by atoms with van der Waals surface area (Å²) in [5.41, 5.74) is 16.9. The highest BCUT2D eigenvalue weighted by Gasteiger charge is 2.43. The van der Waals surface area contributed by atoms with Gasteiger partial charge in [0.25, 0.3) is 6.71 Å². The molecule has 6 aromatic carbocycles. The quantitative estimate of drug-likeness (QED) is 0.206. The Balaban J connectivity index is 1.31. The average molecular weight is 536 g/mol. The summed E-state index contributed by atoms with van der Waals surface area (Å²) in [6, 6.07) is 51.5. The Kier molecular flexibility index (Phi) is 4.79. The summed E-state index contributed by atoms with van der Waals surface area (Å²) in [5, 5.41) is 0. The lowest BCUT2D eigenvalue weighted by Gasteiger charge is -2.44. The molecule has 9 rings (SSSR count). The lowest BCUT2D eigenvalue weighted by atomic mass is 9.33. The molecule has 1 aliphatic carbocycles. The fourth-order valence-corrected chi connectivity index (χ4v) is 7.80. The zero-order chi connectivity index (χ0) is 28.0. The normalized spacial score (nSPS) is 15.0. The van der Waals surface area contributed by atoms with Crippen molar-refractivity contribution in [1.82, 2.24) is 0 Å². The molecule has 3 aliphatic rings. The van der Waals surface area contributed by atoms with E-state index in [0.717, 1.165) is 0 Å². The van der Waals surface area contributed by atoms with Gasteiger partial charge in [0, 0.05) is 39.5 Å². The number of hydrogen-bond acceptors (Lipinski definition) is 2. The standard InChI is InChI=1S/C39H29BN2/c1-39(2)30-16-7-6-15-28(30)29-24-23-27(25-31(29)39)42-35-20-11-9-18-33(35)40-32-17-8-10-19-34(32)41(26-13-4-3-5-14-26)36-21-12-22-37(42)38(36)40/h3-25H,1-2H3. The number of anilines is 6. The Morgan fingerprint density at radius 2 is 1.00 bits per heavy atom. The minimum absolute atomic E-state index is 0.0566. The molecule has 0 fully saturated rings. The molecular weight excluding hydrogens is 507 g/mol. The molecule has 2 heterocycles. The average Bonchev–Trinajstić information content (AvgIpc) is 3.27. The topological polar surface area (TPSA) is 6.48 Å². The van der Waals surface area contributed by atoms with E-state index in [9.17, 15) is 0 Å². The van der Waals surface area contributed by atoms with Crippen molar-refractivity contribution in [1.29, 1.82) is 0 Å². The van der Waals surface area contributed by atoms with Crippen LogP contribution in [0.15, 0.2) is 140 Å². The van der Waals surface area contributed by atoms with E-state index in [2.05, 4.69) is 163 Å². The summed E-state index contributed by atoms with van der Waals surface area (Å²) >= 11 is 0. The van der Waals surface area contributed by atoms with E-state index in [0.29, 0.717) is 0 Å². The Bertz CT molecular complexity index is 2040. The van der Waals surface area contributed by atoms with E-state index in [1.807, 2.05) is 0 Å². The van der Waals surface area contributed by atoms with Gasteiger partial charge in [-0.25, -0.2) is 0 Å². The minimum Gasteiger partial charge on any atom is -0.311 e. The predicted molar refractivity (Wildman–Crippen MR) is 178 cm³/mol. The van der Waals surface area contributed by atoms with Crippen LogP contribution in [0.5, 0.6) is 0 Å². The van der Waals surface area contributed by atoms with Crippen LogP contribution in [0.2, 0.25) is 0 Å². The fourth-order valence-electron chi connectivity index (χ4n) is 7.80. The van der Waals surface area contributed by atoms with Crippen LogP contribution in [0, 0.1) is 0 Å². The maximum atomic E-state index is 2.50. The molecular formula is C39H29BN2. The van der Waals surface area contributed by atoms with Gasteiger partial charge in [-0.3, -0.25) is 0 Å². The van der Waals surface area contributed by atoms with Gasteiger partial charge >= 0.3 is 0 Å². The maximum Gasteiger partial charge on any atom is 0.252 e. The number of rotatable bonds is 2. The third-order valence-electron chi connectivity index (χ3n) is 9.65. The molecule has 2 nitrogen and oxygen atoms in total. The van der Waals surface area contributed by atoms with Crippen LogP contribution in [0.25, 0.3) is 11.1 Å². The Labute approximate surface area is 247 Å². The fraction of sp³-hybridized carbons (Fsp3) is 0.0769. The second kappa shape index (κ2) is 8.50. The van der Waals surface area contributed by atoms with Gasteiger partial charge in [-0.2, -0.15) is 0 Å². The number of hydrogen-bond donors (Lipinski definition) is 0. The summed E-state index contributed by atoms with van der Waals surface area (Å²) in [6.07, 6.45) is 0. The zero-order valence-corrected chi connectivity index (χ0v) is 23.8. The maximum absolute atomic E-state index is 2.50. The van der Waals surface area contributed by atoms with Gasteiger partial charge in [-0.1, -0.05) is 105 Å². The van der Waals surface area contributed by atoms with Crippen molar-refractivity contribution in [2.75, 3.05) is 9.80 Å². The smallest absolute Gasteiger partial charge is 0.252 e. The van der Waals surface area contributed by atoms with E-state index in [-0.39, 0.29) is 12.1 Å². The zero-order valence-electron chi connectivity index (χ0n) is 23.8. The van der Waals surface area contributed by atoms with Crippen LogP contribution >= 0.6 is 0 Å². The summed E-state index contributed by atoms with van der Waals surface area (Å²) in [7, 11) is 0. The van der Waals surface area contributed by atoms with E-state index in [1.54, 1.807) is 0 Å². The number of fused-ring (bicyclic) bond motifs is 7. The van der Waals surface area contributed by atoms with Gasteiger partial charge in [0.05, 0.1) is 0 Å². The first-order chi connectivity index (χ1) is 20.6. The van der Waals surface area contributed by atoms with Crippen molar-refractivity contribution in [2.24, 2.45) is 0 Å². The second-order valence-corrected chi connectivity index (χ2v) is 12.2. The SMILES string of the molecule is CC1(C)c2ccccc2-c2ccc(N3c4ccccc4B4c5ccccc5N(c5ccccc5)c5cccc3c54)cc21. The molecule has 0 amide bonds. The highest BCUT2D eigenvalue weighted by atomic mass is 15.2. The number of benzene rings is 6. The van der Waals surface area contributed by atoms with Crippen molar-refractivity contribution in [3.63, 3.8) is 0 Å². The van der Waals surface area contributed by atoms with Crippen molar-refractivity contribution in [2.45, 2.75) is 19.3 Å². The van der Waals surface area contributed by atoms with E-state index < -0.39 is 0 Å². The minimum atomic E-state index is -0.0566. The third-order valence-corrected chi connectivity index (χ3v) is 9.65. The molecule has 198 valence electrons. The number of para-hydroxylation sites is 3. The summed E-state index contributed by atoms with van der Waals surface area (Å²) in [4.78, 5) is 4.94. The molecule has 0 bridgehead atoms. The third kappa shape index (κ3) is 3.06. The summed E-state index contributed by atoms with van der Waals surface area (Å²) in [5.74, 6) is 0. The monoisotopic (exact) mass is 536 g/mol. The predicted octanol–water partition coefficient (Wildman–Crippen LogP) is 8.08. The first-order valence-corrected chi connectivity index (χ1v) is 14.8. The highest BCUT2D eigenvalue weighted by molar-refractivity contribution is 7.00. The first kappa shape index (κ1) is 23.7. The molecule has 0 radical (unpaired) electrons. The summed E-state index contributed by atoms with van der Waals surface area (Å²) in [6.45, 7) is 4.89. The highest BCUT2D eigenvalue weighted by Crippen LogP contribution is 2.51. The van der Waals surface area contributed by atoms with Crippen molar-refractivity contribution in [3.8, 4) is 11.1 Å². The molecule has 0 unspecified atom stereocenters. The van der Waals surface area contributed by atoms with Gasteiger partial charge in [-0.05, 0) is 87.2 Å². The summed E-state index contributed by atoms with van der Waals surface area (Å²) < 4.78 is 0. The molecule has 3 heteroatoms. The lowest BCUT2D eigenvalue weighted by molar-refractivity contribution is 0.660. The van der Waals surface area contributed by atoms with Gasteiger partial charge in [-0.15, -0.1) is 0 Å². The van der Waals surface area contributed by atoms with Crippen molar-refractivity contribution < 1.29 is 0 Å². The van der Waals surface area contributed by atoms with Crippen LogP contribution in [0.4, 0.5) is 34.1 Å². The van der Waals surface area contributed by atoms with Gasteiger partial charge in [0.15, 0.2) is 0 Å². The molecule has 0 spiro atoms. The van der Waals surface area contributed by atoms with Crippen LogP contribution < -0.4 is 26.2 Å². The molecule has 42 heavy (non-hydrogen) atoms. The molecule has 2 aliphatic heterocycles. The number of nitrogens with zero attached hydrogens (tertiary/aromatic N) is 2. The van der Waals surface area contributed by atoms with Crippen LogP contribution in [0.3, 0.4) is 0 Å². The second-order valence-electron chi connectivity index (χ2n) is 12.2. The van der Waals surface area contributed by atoms with Crippen molar-refractivity contribution >= 4 is 57.2 Å². The molecule has 0 aromatic heterocycles. The van der Waals surface area contributed by atoms with Crippen LogP contribution in [-0.2, 0) is 5.41 Å². The molecule has 0 N–H and O–H groups in total. The van der Waals surface area contributed by atoms with E-state index in [1.165, 1.54) is 72.8 Å². The largest absolute Gasteiger partial charge is 0.311 e. The van der Waals surface area contributed by atoms with Gasteiger partial charge in [0.1, 0.15) is 0 Å².